The van der Waals surface area contributed by atoms with Gasteiger partial charge in [-0.15, -0.1) is 0 Å². The zero-order chi connectivity index (χ0) is 6.43. The fraction of sp³-hybridized carbons (Fsp3) is 1.00. The largest absolute Gasteiger partial charge is 0.306 e. The molecule has 52 valence electrons. The number of likely N-dealkylation sites (tertiary alicyclic amines) is 1. The molecule has 1 nitrogen and oxygen atoms in total. The van der Waals surface area contributed by atoms with E-state index in [1.165, 1.54) is 19.5 Å². The van der Waals surface area contributed by atoms with Gasteiger partial charge < -0.3 is 4.90 Å². The molecule has 1 heterocycles. The molecule has 1 aliphatic heterocycles. The van der Waals surface area contributed by atoms with Crippen LogP contribution in [0.2, 0.25) is 0 Å². The normalized spacial score (nSPS) is 50.7. The maximum atomic E-state index is 2.47. The molecule has 0 aromatic rings. The first-order chi connectivity index (χ1) is 4.27. The molecule has 3 unspecified atom stereocenters. The van der Waals surface area contributed by atoms with E-state index in [1.54, 1.807) is 0 Å². The van der Waals surface area contributed by atoms with Crippen LogP contribution in [0.15, 0.2) is 0 Å². The number of nitrogens with zero attached hydrogens (tertiary/aromatic N) is 1. The van der Waals surface area contributed by atoms with Crippen LogP contribution in [-0.2, 0) is 0 Å². The van der Waals surface area contributed by atoms with Crippen molar-refractivity contribution in [2.75, 3.05) is 20.1 Å². The molecule has 2 rings (SSSR count). The van der Waals surface area contributed by atoms with Crippen LogP contribution in [-0.4, -0.2) is 25.0 Å². The van der Waals surface area contributed by atoms with Crippen molar-refractivity contribution in [3.63, 3.8) is 0 Å². The maximum absolute atomic E-state index is 2.47. The van der Waals surface area contributed by atoms with Crippen molar-refractivity contribution < 1.29 is 0 Å². The lowest BCUT2D eigenvalue weighted by Crippen LogP contribution is -2.33. The number of hydrogen-bond donors (Lipinski definition) is 0. The lowest BCUT2D eigenvalue weighted by atomic mass is 9.68. The van der Waals surface area contributed by atoms with E-state index in [1.807, 2.05) is 0 Å². The van der Waals surface area contributed by atoms with Crippen molar-refractivity contribution in [1.29, 1.82) is 0 Å². The van der Waals surface area contributed by atoms with Gasteiger partial charge >= 0.3 is 0 Å². The zero-order valence-electron chi connectivity index (χ0n) is 6.30. The maximum Gasteiger partial charge on any atom is 0.00124 e. The second-order valence-electron chi connectivity index (χ2n) is 3.86. The van der Waals surface area contributed by atoms with Gasteiger partial charge in [-0.2, -0.15) is 0 Å². The Morgan fingerprint density at radius 1 is 1.33 bits per heavy atom. The highest BCUT2D eigenvalue weighted by Gasteiger charge is 2.43. The van der Waals surface area contributed by atoms with Gasteiger partial charge in [-0.05, 0) is 31.2 Å². The molecule has 1 aliphatic carbocycles. The summed E-state index contributed by atoms with van der Waals surface area (Å²) in [4.78, 5) is 2.47. The Labute approximate surface area is 57.0 Å². The Morgan fingerprint density at radius 3 is 2.56 bits per heavy atom. The molecule has 1 saturated heterocycles. The lowest BCUT2D eigenvalue weighted by Gasteiger charge is -2.36. The summed E-state index contributed by atoms with van der Waals surface area (Å²) in [5.74, 6) is 3.17. The summed E-state index contributed by atoms with van der Waals surface area (Å²) < 4.78 is 0. The van der Waals surface area contributed by atoms with E-state index in [2.05, 4.69) is 18.9 Å². The third-order valence-electron chi connectivity index (χ3n) is 3.08. The van der Waals surface area contributed by atoms with Crippen molar-refractivity contribution in [3.05, 3.63) is 0 Å². The van der Waals surface area contributed by atoms with Gasteiger partial charge in [-0.1, -0.05) is 6.92 Å². The number of hydrogen-bond acceptors (Lipinski definition) is 1. The third-order valence-corrected chi connectivity index (χ3v) is 3.08. The fourth-order valence-electron chi connectivity index (χ4n) is 2.47. The summed E-state index contributed by atoms with van der Waals surface area (Å²) in [5, 5.41) is 0. The van der Waals surface area contributed by atoms with Crippen molar-refractivity contribution in [3.8, 4) is 0 Å². The van der Waals surface area contributed by atoms with Crippen molar-refractivity contribution >= 4 is 0 Å². The predicted octanol–water partition coefficient (Wildman–Crippen LogP) is 1.20. The molecule has 9 heavy (non-hydrogen) atoms. The highest BCUT2D eigenvalue weighted by Crippen LogP contribution is 2.44. The fourth-order valence-corrected chi connectivity index (χ4v) is 2.47. The van der Waals surface area contributed by atoms with Crippen LogP contribution < -0.4 is 0 Å². The molecule has 0 aromatic carbocycles. The SMILES string of the molecule is CC1CC2CN(C)CC12. The first-order valence-corrected chi connectivity index (χ1v) is 3.96. The molecule has 0 radical (unpaired) electrons. The Morgan fingerprint density at radius 2 is 2.11 bits per heavy atom. The van der Waals surface area contributed by atoms with Crippen LogP contribution in [0.3, 0.4) is 0 Å². The average Bonchev–Trinajstić information content (AvgIpc) is 2.08. The van der Waals surface area contributed by atoms with Gasteiger partial charge in [0.2, 0.25) is 0 Å². The van der Waals surface area contributed by atoms with Crippen LogP contribution in [0, 0.1) is 17.8 Å². The first-order valence-electron chi connectivity index (χ1n) is 3.96. The minimum absolute atomic E-state index is 1.03. The lowest BCUT2D eigenvalue weighted by molar-refractivity contribution is 0.139. The molecule has 2 aliphatic rings. The zero-order valence-corrected chi connectivity index (χ0v) is 6.30. The highest BCUT2D eigenvalue weighted by molar-refractivity contribution is 4.94. The van der Waals surface area contributed by atoms with Crippen LogP contribution >= 0.6 is 0 Å². The van der Waals surface area contributed by atoms with E-state index in [4.69, 9.17) is 0 Å². The van der Waals surface area contributed by atoms with Gasteiger partial charge in [0.25, 0.3) is 0 Å². The molecule has 0 amide bonds. The first kappa shape index (κ1) is 5.72. The molecule has 0 bridgehead atoms. The number of rotatable bonds is 0. The van der Waals surface area contributed by atoms with Crippen LogP contribution in [0.5, 0.6) is 0 Å². The molecule has 2 fully saturated rings. The van der Waals surface area contributed by atoms with Crippen molar-refractivity contribution in [2.24, 2.45) is 17.8 Å². The smallest absolute Gasteiger partial charge is 0.00124 e. The molecule has 1 heteroatoms. The molecule has 3 atom stereocenters. The van der Waals surface area contributed by atoms with E-state index in [9.17, 15) is 0 Å². The number of fused-ring (bicyclic) bond motifs is 1. The summed E-state index contributed by atoms with van der Waals surface area (Å²) in [6.07, 6.45) is 1.50. The topological polar surface area (TPSA) is 3.24 Å². The summed E-state index contributed by atoms with van der Waals surface area (Å²) in [6, 6.07) is 0. The van der Waals surface area contributed by atoms with Gasteiger partial charge in [0.05, 0.1) is 0 Å². The van der Waals surface area contributed by atoms with E-state index < -0.39 is 0 Å². The van der Waals surface area contributed by atoms with Crippen LogP contribution in [0.4, 0.5) is 0 Å². The third kappa shape index (κ3) is 0.710. The minimum atomic E-state index is 1.03. The average molecular weight is 125 g/mol. The van der Waals surface area contributed by atoms with E-state index >= 15 is 0 Å². The van der Waals surface area contributed by atoms with Gasteiger partial charge in [-0.3, -0.25) is 0 Å². The van der Waals surface area contributed by atoms with Gasteiger partial charge in [-0.25, -0.2) is 0 Å². The summed E-state index contributed by atoms with van der Waals surface area (Å²) >= 11 is 0. The highest BCUT2D eigenvalue weighted by atomic mass is 15.1. The Bertz CT molecular complexity index is 122. The monoisotopic (exact) mass is 125 g/mol. The van der Waals surface area contributed by atoms with Gasteiger partial charge in [0.15, 0.2) is 0 Å². The molecular weight excluding hydrogens is 110 g/mol. The van der Waals surface area contributed by atoms with Gasteiger partial charge in [0, 0.05) is 13.1 Å². The Balaban J connectivity index is 2.00. The van der Waals surface area contributed by atoms with E-state index in [0.29, 0.717) is 0 Å². The standard InChI is InChI=1S/C8H15N/c1-6-3-7-4-9(2)5-8(6)7/h6-8H,3-5H2,1-2H3. The van der Waals surface area contributed by atoms with E-state index in [0.717, 1.165) is 17.8 Å². The van der Waals surface area contributed by atoms with Gasteiger partial charge in [0.1, 0.15) is 0 Å². The molecule has 0 N–H and O–H groups in total. The van der Waals surface area contributed by atoms with Crippen molar-refractivity contribution in [2.45, 2.75) is 13.3 Å². The summed E-state index contributed by atoms with van der Waals surface area (Å²) in [7, 11) is 2.24. The molecule has 0 aromatic heterocycles. The Kier molecular flexibility index (Phi) is 1.10. The minimum Gasteiger partial charge on any atom is -0.306 e. The Hall–Kier alpha value is -0.0400. The quantitative estimate of drug-likeness (QED) is 0.470. The van der Waals surface area contributed by atoms with E-state index in [-0.39, 0.29) is 0 Å². The predicted molar refractivity (Wildman–Crippen MR) is 38.3 cm³/mol. The molecule has 0 spiro atoms. The second kappa shape index (κ2) is 1.72. The summed E-state index contributed by atoms with van der Waals surface area (Å²) in [6.45, 7) is 5.13. The summed E-state index contributed by atoms with van der Waals surface area (Å²) in [5.41, 5.74) is 0. The van der Waals surface area contributed by atoms with Crippen LogP contribution in [0.1, 0.15) is 13.3 Å². The molecule has 1 saturated carbocycles. The van der Waals surface area contributed by atoms with Crippen molar-refractivity contribution in [1.82, 2.24) is 4.90 Å². The van der Waals surface area contributed by atoms with Crippen LogP contribution in [0.25, 0.3) is 0 Å². The second-order valence-corrected chi connectivity index (χ2v) is 3.86. The molecular formula is C8H15N.